The predicted octanol–water partition coefficient (Wildman–Crippen LogP) is 2.07. The molecule has 112 valence electrons. The molecule has 2 N–H and O–H groups in total. The number of hydrogen-bond donors (Lipinski definition) is 2. The summed E-state index contributed by atoms with van der Waals surface area (Å²) in [5.74, 6) is 0.379. The number of nitrogens with one attached hydrogen (secondary N) is 1. The molecule has 5 nitrogen and oxygen atoms in total. The Morgan fingerprint density at radius 3 is 2.05 bits per heavy atom. The minimum Gasteiger partial charge on any atom is -0.481 e. The number of rotatable bonds is 4. The Morgan fingerprint density at radius 2 is 1.60 bits per heavy atom. The van der Waals surface area contributed by atoms with E-state index in [1.54, 1.807) is 4.90 Å². The smallest absolute Gasteiger partial charge is 0.317 e. The molecule has 2 amide bonds. The van der Waals surface area contributed by atoms with Crippen molar-refractivity contribution < 1.29 is 14.7 Å². The zero-order valence-electron chi connectivity index (χ0n) is 11.9. The number of amides is 2. The van der Waals surface area contributed by atoms with Crippen molar-refractivity contribution in [1.29, 1.82) is 0 Å². The van der Waals surface area contributed by atoms with Gasteiger partial charge in [0.05, 0.1) is 5.92 Å². The lowest BCUT2D eigenvalue weighted by atomic mass is 9.78. The van der Waals surface area contributed by atoms with Crippen molar-refractivity contribution in [2.45, 2.75) is 51.0 Å². The number of likely N-dealkylation sites (tertiary alicyclic amines) is 1. The van der Waals surface area contributed by atoms with Crippen LogP contribution in [0.25, 0.3) is 0 Å². The van der Waals surface area contributed by atoms with Crippen LogP contribution in [0.5, 0.6) is 0 Å². The normalized spacial score (nSPS) is 25.9. The molecule has 0 aromatic heterocycles. The zero-order chi connectivity index (χ0) is 14.1. The van der Waals surface area contributed by atoms with E-state index in [-0.39, 0.29) is 11.9 Å². The molecule has 1 aliphatic heterocycles. The summed E-state index contributed by atoms with van der Waals surface area (Å²) in [5.41, 5.74) is 0. The van der Waals surface area contributed by atoms with E-state index in [2.05, 4.69) is 5.32 Å². The van der Waals surface area contributed by atoms with Gasteiger partial charge in [0.15, 0.2) is 0 Å². The van der Waals surface area contributed by atoms with Crippen LogP contribution >= 0.6 is 0 Å². The molecule has 1 heterocycles. The standard InChI is InChI=1S/C15H24N2O3/c18-14(19)12-6-8-17(9-7-12)15(20)16-13(11-4-5-11)10-2-1-3-10/h10-13H,1-9H2,(H,16,20)(H,18,19). The van der Waals surface area contributed by atoms with Gasteiger partial charge in [-0.05, 0) is 50.4 Å². The van der Waals surface area contributed by atoms with Gasteiger partial charge in [-0.2, -0.15) is 0 Å². The molecular weight excluding hydrogens is 256 g/mol. The fourth-order valence-electron chi connectivity index (χ4n) is 3.44. The molecule has 2 saturated carbocycles. The number of urea groups is 1. The van der Waals surface area contributed by atoms with Gasteiger partial charge < -0.3 is 15.3 Å². The van der Waals surface area contributed by atoms with E-state index in [0.717, 1.165) is 0 Å². The first kappa shape index (κ1) is 13.7. The number of carboxylic acids is 1. The van der Waals surface area contributed by atoms with Crippen LogP contribution < -0.4 is 5.32 Å². The lowest BCUT2D eigenvalue weighted by Crippen LogP contribution is -2.52. The molecular formula is C15H24N2O3. The van der Waals surface area contributed by atoms with E-state index in [0.29, 0.717) is 43.8 Å². The largest absolute Gasteiger partial charge is 0.481 e. The number of carboxylic acid groups (broad SMARTS) is 1. The van der Waals surface area contributed by atoms with Crippen LogP contribution in [0.3, 0.4) is 0 Å². The third kappa shape index (κ3) is 2.91. The summed E-state index contributed by atoms with van der Waals surface area (Å²) >= 11 is 0. The van der Waals surface area contributed by atoms with Crippen molar-refractivity contribution in [3.8, 4) is 0 Å². The molecule has 1 saturated heterocycles. The zero-order valence-corrected chi connectivity index (χ0v) is 11.9. The number of carbonyl (C=O) groups is 2. The molecule has 3 rings (SSSR count). The van der Waals surface area contributed by atoms with E-state index < -0.39 is 5.97 Å². The average molecular weight is 280 g/mol. The average Bonchev–Trinajstić information content (AvgIpc) is 3.20. The first-order valence-corrected chi connectivity index (χ1v) is 7.93. The third-order valence-electron chi connectivity index (χ3n) is 5.21. The van der Waals surface area contributed by atoms with Crippen molar-refractivity contribution >= 4 is 12.0 Å². The number of carbonyl (C=O) groups excluding carboxylic acids is 1. The Bertz CT molecular complexity index is 383. The molecule has 1 atom stereocenters. The molecule has 0 aromatic rings. The summed E-state index contributed by atoms with van der Waals surface area (Å²) in [6, 6.07) is 0.395. The summed E-state index contributed by atoms with van der Waals surface area (Å²) in [4.78, 5) is 25.1. The van der Waals surface area contributed by atoms with Crippen LogP contribution in [-0.4, -0.2) is 41.1 Å². The topological polar surface area (TPSA) is 69.6 Å². The van der Waals surface area contributed by atoms with Gasteiger partial charge in [-0.15, -0.1) is 0 Å². The second kappa shape index (κ2) is 5.62. The lowest BCUT2D eigenvalue weighted by Gasteiger charge is -2.37. The van der Waals surface area contributed by atoms with Gasteiger partial charge in [-0.25, -0.2) is 4.79 Å². The van der Waals surface area contributed by atoms with Gasteiger partial charge in [-0.1, -0.05) is 6.42 Å². The quantitative estimate of drug-likeness (QED) is 0.828. The van der Waals surface area contributed by atoms with Crippen LogP contribution in [0.15, 0.2) is 0 Å². The summed E-state index contributed by atoms with van der Waals surface area (Å²) < 4.78 is 0. The molecule has 0 spiro atoms. The number of aliphatic carboxylic acids is 1. The van der Waals surface area contributed by atoms with Crippen molar-refractivity contribution in [2.75, 3.05) is 13.1 Å². The first-order chi connectivity index (χ1) is 9.65. The third-order valence-corrected chi connectivity index (χ3v) is 5.21. The Morgan fingerprint density at radius 1 is 1.00 bits per heavy atom. The Kier molecular flexibility index (Phi) is 3.85. The van der Waals surface area contributed by atoms with Crippen LogP contribution in [-0.2, 0) is 4.79 Å². The fraction of sp³-hybridized carbons (Fsp3) is 0.867. The molecule has 5 heteroatoms. The SMILES string of the molecule is O=C(O)C1CCN(C(=O)NC(C2CCC2)C2CC2)CC1. The number of piperidine rings is 1. The highest BCUT2D eigenvalue weighted by Gasteiger charge is 2.40. The first-order valence-electron chi connectivity index (χ1n) is 7.93. The molecule has 3 aliphatic rings. The second-order valence-electron chi connectivity index (χ2n) is 6.60. The van der Waals surface area contributed by atoms with E-state index >= 15 is 0 Å². The van der Waals surface area contributed by atoms with Gasteiger partial charge in [-0.3, -0.25) is 4.79 Å². The molecule has 0 radical (unpaired) electrons. The van der Waals surface area contributed by atoms with Crippen molar-refractivity contribution in [1.82, 2.24) is 10.2 Å². The van der Waals surface area contributed by atoms with Crippen molar-refractivity contribution in [3.63, 3.8) is 0 Å². The Labute approximate surface area is 119 Å². The van der Waals surface area contributed by atoms with Crippen molar-refractivity contribution in [3.05, 3.63) is 0 Å². The molecule has 1 unspecified atom stereocenters. The van der Waals surface area contributed by atoms with Gasteiger partial charge in [0.1, 0.15) is 0 Å². The Balaban J connectivity index is 1.50. The molecule has 3 fully saturated rings. The highest BCUT2D eigenvalue weighted by molar-refractivity contribution is 5.75. The van der Waals surface area contributed by atoms with Crippen LogP contribution in [0.2, 0.25) is 0 Å². The fourth-order valence-corrected chi connectivity index (χ4v) is 3.44. The minimum absolute atomic E-state index is 0.0256. The predicted molar refractivity (Wildman–Crippen MR) is 74.3 cm³/mol. The summed E-state index contributed by atoms with van der Waals surface area (Å²) in [5, 5.41) is 12.2. The van der Waals surface area contributed by atoms with E-state index in [4.69, 9.17) is 5.11 Å². The molecule has 20 heavy (non-hydrogen) atoms. The summed E-state index contributed by atoms with van der Waals surface area (Å²) in [6.07, 6.45) is 7.48. The Hall–Kier alpha value is -1.26. The molecule has 2 aliphatic carbocycles. The number of hydrogen-bond acceptors (Lipinski definition) is 2. The highest BCUT2D eigenvalue weighted by Crippen LogP contribution is 2.42. The highest BCUT2D eigenvalue weighted by atomic mass is 16.4. The lowest BCUT2D eigenvalue weighted by molar-refractivity contribution is -0.143. The van der Waals surface area contributed by atoms with Crippen molar-refractivity contribution in [2.24, 2.45) is 17.8 Å². The van der Waals surface area contributed by atoms with Gasteiger partial charge >= 0.3 is 12.0 Å². The summed E-state index contributed by atoms with van der Waals surface area (Å²) in [7, 11) is 0. The monoisotopic (exact) mass is 280 g/mol. The van der Waals surface area contributed by atoms with Crippen LogP contribution in [0.4, 0.5) is 4.79 Å². The van der Waals surface area contributed by atoms with E-state index in [9.17, 15) is 9.59 Å². The van der Waals surface area contributed by atoms with Gasteiger partial charge in [0, 0.05) is 19.1 Å². The maximum Gasteiger partial charge on any atom is 0.317 e. The van der Waals surface area contributed by atoms with Gasteiger partial charge in [0.2, 0.25) is 0 Å². The maximum absolute atomic E-state index is 12.3. The van der Waals surface area contributed by atoms with E-state index in [1.165, 1.54) is 32.1 Å². The number of nitrogens with zero attached hydrogens (tertiary/aromatic N) is 1. The van der Waals surface area contributed by atoms with Crippen LogP contribution in [0, 0.1) is 17.8 Å². The minimum atomic E-state index is -0.726. The molecule has 0 bridgehead atoms. The van der Waals surface area contributed by atoms with Crippen LogP contribution in [0.1, 0.15) is 44.9 Å². The maximum atomic E-state index is 12.3. The summed E-state index contributed by atoms with van der Waals surface area (Å²) in [6.45, 7) is 1.15. The van der Waals surface area contributed by atoms with Gasteiger partial charge in [0.25, 0.3) is 0 Å². The molecule has 0 aromatic carbocycles. The van der Waals surface area contributed by atoms with E-state index in [1.807, 2.05) is 0 Å². The second-order valence-corrected chi connectivity index (χ2v) is 6.60.